The largest absolute Gasteiger partial charge is 0.324 e. The fourth-order valence-corrected chi connectivity index (χ4v) is 3.53. The van der Waals surface area contributed by atoms with E-state index in [-0.39, 0.29) is 5.69 Å². The van der Waals surface area contributed by atoms with E-state index in [2.05, 4.69) is 15.3 Å². The zero-order chi connectivity index (χ0) is 24.1. The van der Waals surface area contributed by atoms with Crippen LogP contribution in [0.1, 0.15) is 33.2 Å². The molecule has 3 aromatic carbocycles. The van der Waals surface area contributed by atoms with Gasteiger partial charge in [-0.05, 0) is 55.8 Å². The molecular formula is C27H23FN4O2. The van der Waals surface area contributed by atoms with Gasteiger partial charge in [0.05, 0.1) is 6.20 Å². The first-order chi connectivity index (χ1) is 16.4. The normalized spacial score (nSPS) is 11.5. The molecule has 4 rings (SSSR count). The van der Waals surface area contributed by atoms with Gasteiger partial charge in [0.25, 0.3) is 11.8 Å². The summed E-state index contributed by atoms with van der Waals surface area (Å²) in [4.78, 5) is 37.0. The summed E-state index contributed by atoms with van der Waals surface area (Å²) < 4.78 is 13.4. The van der Waals surface area contributed by atoms with Crippen molar-refractivity contribution in [1.82, 2.24) is 9.97 Å². The molecule has 0 saturated heterocycles. The molecular weight excluding hydrogens is 431 g/mol. The maximum absolute atomic E-state index is 13.7. The molecule has 0 aliphatic rings. The Balaban J connectivity index is 1.83. The Morgan fingerprint density at radius 3 is 2.06 bits per heavy atom. The monoisotopic (exact) mass is 454 g/mol. The number of carbonyl (C=O) groups is 2. The summed E-state index contributed by atoms with van der Waals surface area (Å²) in [5, 5.41) is 2.81. The van der Waals surface area contributed by atoms with Crippen molar-refractivity contribution < 1.29 is 14.0 Å². The van der Waals surface area contributed by atoms with Crippen molar-refractivity contribution in [1.29, 1.82) is 0 Å². The topological polar surface area (TPSA) is 75.2 Å². The summed E-state index contributed by atoms with van der Waals surface area (Å²) in [6, 6.07) is 19.2. The quantitative estimate of drug-likeness (QED) is 0.431. The van der Waals surface area contributed by atoms with E-state index in [1.165, 1.54) is 47.8 Å². The number of rotatable bonds is 6. The highest BCUT2D eigenvalue weighted by atomic mass is 19.1. The molecule has 34 heavy (non-hydrogen) atoms. The van der Waals surface area contributed by atoms with Crippen LogP contribution in [0.15, 0.2) is 91.4 Å². The van der Waals surface area contributed by atoms with Gasteiger partial charge in [-0.15, -0.1) is 0 Å². The van der Waals surface area contributed by atoms with Crippen LogP contribution in [0.3, 0.4) is 0 Å². The van der Waals surface area contributed by atoms with Crippen molar-refractivity contribution >= 4 is 23.2 Å². The second-order valence-corrected chi connectivity index (χ2v) is 7.91. The number of halogens is 1. The Morgan fingerprint density at radius 1 is 0.853 bits per heavy atom. The Kier molecular flexibility index (Phi) is 6.73. The fourth-order valence-electron chi connectivity index (χ4n) is 3.53. The first-order valence-electron chi connectivity index (χ1n) is 10.7. The lowest BCUT2D eigenvalue weighted by Crippen LogP contribution is -2.42. The fraction of sp³-hybridized carbons (Fsp3) is 0.111. The van der Waals surface area contributed by atoms with Crippen molar-refractivity contribution in [3.8, 4) is 0 Å². The lowest BCUT2D eigenvalue weighted by Gasteiger charge is -2.31. The van der Waals surface area contributed by atoms with Crippen LogP contribution < -0.4 is 10.2 Å². The number of nitrogens with one attached hydrogen (secondary N) is 1. The number of hydrogen-bond acceptors (Lipinski definition) is 4. The lowest BCUT2D eigenvalue weighted by molar-refractivity contribution is -0.117. The van der Waals surface area contributed by atoms with E-state index in [4.69, 9.17) is 0 Å². The van der Waals surface area contributed by atoms with Gasteiger partial charge in [-0.25, -0.2) is 9.37 Å². The first kappa shape index (κ1) is 22.8. The smallest absolute Gasteiger partial charge is 0.279 e. The van der Waals surface area contributed by atoms with Crippen LogP contribution >= 0.6 is 0 Å². The van der Waals surface area contributed by atoms with E-state index < -0.39 is 23.7 Å². The van der Waals surface area contributed by atoms with Gasteiger partial charge in [0.1, 0.15) is 17.6 Å². The van der Waals surface area contributed by atoms with Gasteiger partial charge in [-0.3, -0.25) is 19.5 Å². The van der Waals surface area contributed by atoms with E-state index in [0.29, 0.717) is 16.9 Å². The highest BCUT2D eigenvalue weighted by molar-refractivity contribution is 6.11. The predicted octanol–water partition coefficient (Wildman–Crippen LogP) is 5.26. The van der Waals surface area contributed by atoms with Gasteiger partial charge in [0, 0.05) is 23.8 Å². The molecule has 0 bridgehead atoms. The molecule has 0 fully saturated rings. The number of aryl methyl sites for hydroxylation is 2. The number of benzene rings is 3. The number of amides is 2. The number of hydrogen-bond donors (Lipinski definition) is 1. The molecule has 4 aromatic rings. The summed E-state index contributed by atoms with van der Waals surface area (Å²) in [5.74, 6) is -1.34. The SMILES string of the molecule is Cc1ccc([C@H](C(=O)Nc2ccc(F)cc2)N(C(=O)c2cnccn2)c2ccc(C)cc2)cc1. The molecule has 1 heterocycles. The molecule has 1 N–H and O–H groups in total. The molecule has 6 nitrogen and oxygen atoms in total. The minimum atomic E-state index is -1.03. The molecule has 0 radical (unpaired) electrons. The molecule has 170 valence electrons. The van der Waals surface area contributed by atoms with E-state index in [1.807, 2.05) is 50.2 Å². The third-order valence-electron chi connectivity index (χ3n) is 5.32. The highest BCUT2D eigenvalue weighted by Gasteiger charge is 2.34. The molecule has 1 atom stereocenters. The van der Waals surface area contributed by atoms with Crippen molar-refractivity contribution in [2.45, 2.75) is 19.9 Å². The van der Waals surface area contributed by atoms with Gasteiger partial charge in [0.2, 0.25) is 0 Å². The Hall–Kier alpha value is -4.39. The summed E-state index contributed by atoms with van der Waals surface area (Å²) in [7, 11) is 0. The maximum atomic E-state index is 13.7. The number of anilines is 2. The molecule has 7 heteroatoms. The van der Waals surface area contributed by atoms with E-state index in [9.17, 15) is 14.0 Å². The van der Waals surface area contributed by atoms with Gasteiger partial charge in [0.15, 0.2) is 0 Å². The molecule has 0 aliphatic carbocycles. The van der Waals surface area contributed by atoms with Crippen molar-refractivity contribution in [3.05, 3.63) is 120 Å². The second kappa shape index (κ2) is 10.0. The van der Waals surface area contributed by atoms with Crippen LogP contribution in [-0.2, 0) is 4.79 Å². The zero-order valence-electron chi connectivity index (χ0n) is 18.8. The average Bonchev–Trinajstić information content (AvgIpc) is 2.85. The predicted molar refractivity (Wildman–Crippen MR) is 129 cm³/mol. The van der Waals surface area contributed by atoms with Gasteiger partial charge >= 0.3 is 0 Å². The standard InChI is InChI=1S/C27H23FN4O2/c1-18-3-7-20(8-4-18)25(26(33)31-22-11-9-21(28)10-12-22)32(23-13-5-19(2)6-14-23)27(34)24-17-29-15-16-30-24/h3-17,25H,1-2H3,(H,31,33)/t25-/m1/s1. The third-order valence-corrected chi connectivity index (χ3v) is 5.32. The van der Waals surface area contributed by atoms with Crippen LogP contribution in [-0.4, -0.2) is 21.8 Å². The molecule has 0 unspecified atom stereocenters. The summed E-state index contributed by atoms with van der Waals surface area (Å²) in [6.07, 6.45) is 4.28. The van der Waals surface area contributed by atoms with Crippen LogP contribution in [0.25, 0.3) is 0 Å². The number of carbonyl (C=O) groups excluding carboxylic acids is 2. The minimum absolute atomic E-state index is 0.106. The van der Waals surface area contributed by atoms with Crippen LogP contribution in [0, 0.1) is 19.7 Å². The van der Waals surface area contributed by atoms with Crippen LogP contribution in [0.2, 0.25) is 0 Å². The number of nitrogens with zero attached hydrogens (tertiary/aromatic N) is 3. The van der Waals surface area contributed by atoms with Crippen LogP contribution in [0.5, 0.6) is 0 Å². The number of aromatic nitrogens is 2. The Labute approximate surface area is 197 Å². The van der Waals surface area contributed by atoms with Gasteiger partial charge in [-0.1, -0.05) is 47.5 Å². The lowest BCUT2D eigenvalue weighted by atomic mass is 10.0. The zero-order valence-corrected chi connectivity index (χ0v) is 18.8. The van der Waals surface area contributed by atoms with E-state index in [1.54, 1.807) is 12.1 Å². The van der Waals surface area contributed by atoms with E-state index in [0.717, 1.165) is 11.1 Å². The van der Waals surface area contributed by atoms with Crippen molar-refractivity contribution in [3.63, 3.8) is 0 Å². The summed E-state index contributed by atoms with van der Waals surface area (Å²) >= 11 is 0. The van der Waals surface area contributed by atoms with Crippen LogP contribution in [0.4, 0.5) is 15.8 Å². The Bertz CT molecular complexity index is 1280. The van der Waals surface area contributed by atoms with Gasteiger partial charge < -0.3 is 5.32 Å². The summed E-state index contributed by atoms with van der Waals surface area (Å²) in [6.45, 7) is 3.89. The second-order valence-electron chi connectivity index (χ2n) is 7.91. The molecule has 0 spiro atoms. The third kappa shape index (κ3) is 5.15. The summed E-state index contributed by atoms with van der Waals surface area (Å²) in [5.41, 5.74) is 3.69. The van der Waals surface area contributed by atoms with Gasteiger partial charge in [-0.2, -0.15) is 0 Å². The molecule has 1 aromatic heterocycles. The molecule has 0 saturated carbocycles. The highest BCUT2D eigenvalue weighted by Crippen LogP contribution is 2.31. The minimum Gasteiger partial charge on any atom is -0.324 e. The average molecular weight is 455 g/mol. The maximum Gasteiger partial charge on any atom is 0.279 e. The molecule has 2 amide bonds. The first-order valence-corrected chi connectivity index (χ1v) is 10.7. The molecule has 0 aliphatic heterocycles. The van der Waals surface area contributed by atoms with E-state index >= 15 is 0 Å². The van der Waals surface area contributed by atoms with Crippen molar-refractivity contribution in [2.24, 2.45) is 0 Å². The Morgan fingerprint density at radius 2 is 1.47 bits per heavy atom. The van der Waals surface area contributed by atoms with Crippen molar-refractivity contribution in [2.75, 3.05) is 10.2 Å².